The second kappa shape index (κ2) is 5.03. The van der Waals surface area contributed by atoms with E-state index in [4.69, 9.17) is 15.2 Å². The van der Waals surface area contributed by atoms with Crippen LogP contribution >= 0.6 is 0 Å². The number of benzene rings is 1. The first-order chi connectivity index (χ1) is 7.56. The van der Waals surface area contributed by atoms with Crippen LogP contribution in [0.15, 0.2) is 6.07 Å². The molecule has 1 unspecified atom stereocenters. The molecule has 5 heteroatoms. The standard InChI is InChI=1S/C11H16FNO3/c1-6(5-13)7-4-8(15-2)11(16-3)9(12)10(7)14/h4,6,14H,5,13H2,1-3H3. The number of halogens is 1. The summed E-state index contributed by atoms with van der Waals surface area (Å²) >= 11 is 0. The first-order valence-corrected chi connectivity index (χ1v) is 4.90. The maximum absolute atomic E-state index is 13.7. The van der Waals surface area contributed by atoms with Gasteiger partial charge in [-0.25, -0.2) is 0 Å². The number of rotatable bonds is 4. The average molecular weight is 229 g/mol. The molecule has 0 spiro atoms. The highest BCUT2D eigenvalue weighted by Gasteiger charge is 2.21. The van der Waals surface area contributed by atoms with Crippen molar-refractivity contribution >= 4 is 0 Å². The first kappa shape index (κ1) is 12.6. The van der Waals surface area contributed by atoms with Crippen LogP contribution in [0, 0.1) is 5.82 Å². The van der Waals surface area contributed by atoms with Crippen LogP contribution < -0.4 is 15.2 Å². The summed E-state index contributed by atoms with van der Waals surface area (Å²) in [6.45, 7) is 2.10. The molecular formula is C11H16FNO3. The van der Waals surface area contributed by atoms with Crippen molar-refractivity contribution in [2.75, 3.05) is 20.8 Å². The summed E-state index contributed by atoms with van der Waals surface area (Å²) in [7, 11) is 2.72. The number of ether oxygens (including phenoxy) is 2. The topological polar surface area (TPSA) is 64.7 Å². The molecular weight excluding hydrogens is 213 g/mol. The van der Waals surface area contributed by atoms with Crippen LogP contribution in [0.1, 0.15) is 18.4 Å². The zero-order valence-electron chi connectivity index (χ0n) is 9.58. The second-order valence-corrected chi connectivity index (χ2v) is 3.50. The van der Waals surface area contributed by atoms with Crippen LogP contribution in [0.2, 0.25) is 0 Å². The molecule has 4 nitrogen and oxygen atoms in total. The molecule has 0 saturated heterocycles. The largest absolute Gasteiger partial charge is 0.505 e. The Morgan fingerprint density at radius 2 is 2.06 bits per heavy atom. The molecule has 3 N–H and O–H groups in total. The van der Waals surface area contributed by atoms with Crippen LogP contribution in [-0.2, 0) is 0 Å². The third kappa shape index (κ3) is 2.04. The zero-order valence-corrected chi connectivity index (χ0v) is 9.58. The Morgan fingerprint density at radius 1 is 1.44 bits per heavy atom. The molecule has 90 valence electrons. The fourth-order valence-electron chi connectivity index (χ4n) is 1.46. The third-order valence-electron chi connectivity index (χ3n) is 2.50. The summed E-state index contributed by atoms with van der Waals surface area (Å²) in [5, 5.41) is 9.66. The van der Waals surface area contributed by atoms with E-state index in [1.54, 1.807) is 6.92 Å². The average Bonchev–Trinajstić information content (AvgIpc) is 2.31. The van der Waals surface area contributed by atoms with Gasteiger partial charge in [0.05, 0.1) is 14.2 Å². The van der Waals surface area contributed by atoms with E-state index in [1.807, 2.05) is 0 Å². The van der Waals surface area contributed by atoms with Crippen molar-refractivity contribution in [3.8, 4) is 17.2 Å². The van der Waals surface area contributed by atoms with E-state index in [9.17, 15) is 9.50 Å². The number of phenols is 1. The summed E-state index contributed by atoms with van der Waals surface area (Å²) in [5.74, 6) is -1.27. The summed E-state index contributed by atoms with van der Waals surface area (Å²) in [6.07, 6.45) is 0. The molecule has 0 aliphatic rings. The Bertz CT molecular complexity index is 382. The maximum Gasteiger partial charge on any atom is 0.210 e. The lowest BCUT2D eigenvalue weighted by Crippen LogP contribution is -2.10. The number of phenolic OH excluding ortho intramolecular Hbond substituents is 1. The minimum absolute atomic E-state index is 0.104. The smallest absolute Gasteiger partial charge is 0.210 e. The van der Waals surface area contributed by atoms with Crippen molar-refractivity contribution in [2.24, 2.45) is 5.73 Å². The summed E-state index contributed by atoms with van der Waals surface area (Å²) in [4.78, 5) is 0. The van der Waals surface area contributed by atoms with E-state index in [0.717, 1.165) is 0 Å². The van der Waals surface area contributed by atoms with Crippen LogP contribution in [0.3, 0.4) is 0 Å². The maximum atomic E-state index is 13.7. The molecule has 0 radical (unpaired) electrons. The fourth-order valence-corrected chi connectivity index (χ4v) is 1.46. The molecule has 0 saturated carbocycles. The fraction of sp³-hybridized carbons (Fsp3) is 0.455. The minimum atomic E-state index is -0.822. The zero-order chi connectivity index (χ0) is 12.3. The number of hydrogen-bond acceptors (Lipinski definition) is 4. The number of hydrogen-bond donors (Lipinski definition) is 2. The lowest BCUT2D eigenvalue weighted by atomic mass is 9.99. The van der Waals surface area contributed by atoms with Gasteiger partial charge in [-0.1, -0.05) is 6.92 Å². The van der Waals surface area contributed by atoms with Gasteiger partial charge < -0.3 is 20.3 Å². The molecule has 0 aromatic heterocycles. The van der Waals surface area contributed by atoms with E-state index in [-0.39, 0.29) is 17.4 Å². The van der Waals surface area contributed by atoms with Crippen molar-refractivity contribution in [3.05, 3.63) is 17.4 Å². The SMILES string of the molecule is COc1cc(C(C)CN)c(O)c(F)c1OC. The Kier molecular flexibility index (Phi) is 3.95. The number of methoxy groups -OCH3 is 2. The Labute approximate surface area is 93.8 Å². The van der Waals surface area contributed by atoms with Crippen molar-refractivity contribution in [3.63, 3.8) is 0 Å². The van der Waals surface area contributed by atoms with Gasteiger partial charge in [0, 0.05) is 5.56 Å². The molecule has 0 bridgehead atoms. The molecule has 0 fully saturated rings. The van der Waals surface area contributed by atoms with Gasteiger partial charge in [-0.2, -0.15) is 4.39 Å². The highest BCUT2D eigenvalue weighted by Crippen LogP contribution is 2.40. The van der Waals surface area contributed by atoms with Crippen LogP contribution in [0.4, 0.5) is 4.39 Å². The van der Waals surface area contributed by atoms with Gasteiger partial charge in [-0.15, -0.1) is 0 Å². The number of nitrogens with two attached hydrogens (primary N) is 1. The van der Waals surface area contributed by atoms with Crippen LogP contribution in [-0.4, -0.2) is 25.9 Å². The highest BCUT2D eigenvalue weighted by molar-refractivity contribution is 5.52. The lowest BCUT2D eigenvalue weighted by Gasteiger charge is -2.16. The normalized spacial score (nSPS) is 12.3. The molecule has 0 amide bonds. The molecule has 0 aliphatic carbocycles. The predicted octanol–water partition coefficient (Wildman–Crippen LogP) is 1.61. The van der Waals surface area contributed by atoms with Crippen LogP contribution in [0.5, 0.6) is 17.2 Å². The third-order valence-corrected chi connectivity index (χ3v) is 2.50. The van der Waals surface area contributed by atoms with Gasteiger partial charge in [-0.05, 0) is 18.5 Å². The predicted molar refractivity (Wildman–Crippen MR) is 58.6 cm³/mol. The second-order valence-electron chi connectivity index (χ2n) is 3.50. The van der Waals surface area contributed by atoms with Crippen molar-refractivity contribution in [1.82, 2.24) is 0 Å². The molecule has 1 aromatic carbocycles. The lowest BCUT2D eigenvalue weighted by molar-refractivity contribution is 0.323. The molecule has 0 aliphatic heterocycles. The van der Waals surface area contributed by atoms with E-state index < -0.39 is 11.6 Å². The molecule has 1 atom stereocenters. The van der Waals surface area contributed by atoms with Gasteiger partial charge in [-0.3, -0.25) is 0 Å². The van der Waals surface area contributed by atoms with Crippen molar-refractivity contribution < 1.29 is 19.0 Å². The molecule has 1 aromatic rings. The van der Waals surface area contributed by atoms with Gasteiger partial charge in [0.15, 0.2) is 11.5 Å². The number of aromatic hydroxyl groups is 1. The van der Waals surface area contributed by atoms with Crippen molar-refractivity contribution in [2.45, 2.75) is 12.8 Å². The Balaban J connectivity index is 3.38. The van der Waals surface area contributed by atoms with Gasteiger partial charge >= 0.3 is 0 Å². The van der Waals surface area contributed by atoms with E-state index >= 15 is 0 Å². The van der Waals surface area contributed by atoms with Gasteiger partial charge in [0.2, 0.25) is 11.6 Å². The highest BCUT2D eigenvalue weighted by atomic mass is 19.1. The van der Waals surface area contributed by atoms with Gasteiger partial charge in [0.1, 0.15) is 0 Å². The quantitative estimate of drug-likeness (QED) is 0.823. The summed E-state index contributed by atoms with van der Waals surface area (Å²) in [5.41, 5.74) is 5.89. The van der Waals surface area contributed by atoms with E-state index in [1.165, 1.54) is 20.3 Å². The van der Waals surface area contributed by atoms with E-state index in [2.05, 4.69) is 0 Å². The van der Waals surface area contributed by atoms with Gasteiger partial charge in [0.25, 0.3) is 0 Å². The summed E-state index contributed by atoms with van der Waals surface area (Å²) < 4.78 is 23.5. The Hall–Kier alpha value is -1.49. The molecule has 1 rings (SSSR count). The van der Waals surface area contributed by atoms with E-state index in [0.29, 0.717) is 12.1 Å². The first-order valence-electron chi connectivity index (χ1n) is 4.90. The van der Waals surface area contributed by atoms with Crippen molar-refractivity contribution in [1.29, 1.82) is 0 Å². The van der Waals surface area contributed by atoms with Crippen LogP contribution in [0.25, 0.3) is 0 Å². The minimum Gasteiger partial charge on any atom is -0.505 e. The molecule has 0 heterocycles. The monoisotopic (exact) mass is 229 g/mol. The Morgan fingerprint density at radius 3 is 2.50 bits per heavy atom. The summed E-state index contributed by atoms with van der Waals surface area (Å²) in [6, 6.07) is 1.54. The molecule has 16 heavy (non-hydrogen) atoms.